The van der Waals surface area contributed by atoms with E-state index in [1.165, 1.54) is 12.2 Å². The molecule has 1 heterocycles. The van der Waals surface area contributed by atoms with Crippen molar-refractivity contribution in [2.75, 3.05) is 13.1 Å². The van der Waals surface area contributed by atoms with Crippen LogP contribution in [0.3, 0.4) is 0 Å². The molecule has 1 aromatic rings. The molecule has 0 saturated carbocycles. The first-order valence-corrected chi connectivity index (χ1v) is 6.05. The molecular weight excluding hydrogens is 244 g/mol. The predicted octanol–water partition coefficient (Wildman–Crippen LogP) is 0.731. The van der Waals surface area contributed by atoms with Crippen LogP contribution < -0.4 is 5.32 Å². The molecule has 0 atom stereocenters. The molecule has 0 aromatic heterocycles. The van der Waals surface area contributed by atoms with E-state index in [0.29, 0.717) is 25.1 Å². The van der Waals surface area contributed by atoms with Gasteiger partial charge in [0.25, 0.3) is 17.7 Å². The molecule has 1 N–H and O–H groups in total. The van der Waals surface area contributed by atoms with Crippen molar-refractivity contribution in [3.63, 3.8) is 0 Å². The molecule has 1 aliphatic heterocycles. The maximum Gasteiger partial charge on any atom is 0.253 e. The number of hydrogen-bond acceptors (Lipinski definition) is 3. The van der Waals surface area contributed by atoms with Gasteiger partial charge in [0.15, 0.2) is 0 Å². The fourth-order valence-corrected chi connectivity index (χ4v) is 1.78. The van der Waals surface area contributed by atoms with Crippen LogP contribution in [0, 0.1) is 0 Å². The van der Waals surface area contributed by atoms with Gasteiger partial charge in [0.2, 0.25) is 0 Å². The normalized spacial score (nSPS) is 14.0. The van der Waals surface area contributed by atoms with E-state index in [0.717, 1.165) is 4.90 Å². The lowest BCUT2D eigenvalue weighted by molar-refractivity contribution is -0.136. The van der Waals surface area contributed by atoms with E-state index in [4.69, 9.17) is 0 Å². The van der Waals surface area contributed by atoms with Crippen LogP contribution in [0.4, 0.5) is 0 Å². The number of imide groups is 1. The zero-order valence-electron chi connectivity index (χ0n) is 10.3. The minimum absolute atomic E-state index is 0.155. The summed E-state index contributed by atoms with van der Waals surface area (Å²) in [5.74, 6) is -0.739. The molecule has 1 aromatic carbocycles. The first-order chi connectivity index (χ1) is 9.18. The standard InChI is InChI=1S/C14H14N2O3/c17-12-7-8-13(18)16(12)10-4-9-15-14(19)11-5-2-1-3-6-11/h1-3,5-8H,4,9-10H2,(H,15,19). The average Bonchev–Trinajstić information content (AvgIpc) is 2.75. The summed E-state index contributed by atoms with van der Waals surface area (Å²) >= 11 is 0. The number of nitrogens with one attached hydrogen (secondary N) is 1. The summed E-state index contributed by atoms with van der Waals surface area (Å²) in [5, 5.41) is 2.74. The Labute approximate surface area is 110 Å². The third kappa shape index (κ3) is 3.28. The van der Waals surface area contributed by atoms with Crippen molar-refractivity contribution in [1.29, 1.82) is 0 Å². The highest BCUT2D eigenvalue weighted by Crippen LogP contribution is 2.04. The topological polar surface area (TPSA) is 66.5 Å². The van der Waals surface area contributed by atoms with Gasteiger partial charge >= 0.3 is 0 Å². The number of nitrogens with zero attached hydrogens (tertiary/aromatic N) is 1. The van der Waals surface area contributed by atoms with Crippen LogP contribution in [0.2, 0.25) is 0 Å². The fourth-order valence-electron chi connectivity index (χ4n) is 1.78. The van der Waals surface area contributed by atoms with Gasteiger partial charge in [-0.25, -0.2) is 0 Å². The molecule has 0 bridgehead atoms. The van der Waals surface area contributed by atoms with Gasteiger partial charge in [-0.2, -0.15) is 0 Å². The highest BCUT2D eigenvalue weighted by Gasteiger charge is 2.22. The summed E-state index contributed by atoms with van der Waals surface area (Å²) in [4.78, 5) is 35.4. The molecule has 2 rings (SSSR count). The fraction of sp³-hybridized carbons (Fsp3) is 0.214. The van der Waals surface area contributed by atoms with Crippen molar-refractivity contribution < 1.29 is 14.4 Å². The second-order valence-electron chi connectivity index (χ2n) is 4.14. The van der Waals surface area contributed by atoms with Gasteiger partial charge in [0, 0.05) is 30.8 Å². The van der Waals surface area contributed by atoms with Crippen molar-refractivity contribution in [3.05, 3.63) is 48.0 Å². The minimum Gasteiger partial charge on any atom is -0.352 e. The van der Waals surface area contributed by atoms with Gasteiger partial charge < -0.3 is 5.32 Å². The zero-order chi connectivity index (χ0) is 13.7. The van der Waals surface area contributed by atoms with Gasteiger partial charge in [-0.05, 0) is 18.6 Å². The predicted molar refractivity (Wildman–Crippen MR) is 69.3 cm³/mol. The Balaban J connectivity index is 1.72. The lowest BCUT2D eigenvalue weighted by Gasteiger charge is -2.13. The molecule has 0 aliphatic carbocycles. The van der Waals surface area contributed by atoms with Crippen LogP contribution >= 0.6 is 0 Å². The van der Waals surface area contributed by atoms with Gasteiger partial charge in [-0.15, -0.1) is 0 Å². The maximum absolute atomic E-state index is 11.7. The number of amides is 3. The zero-order valence-corrected chi connectivity index (χ0v) is 10.3. The van der Waals surface area contributed by atoms with E-state index in [9.17, 15) is 14.4 Å². The van der Waals surface area contributed by atoms with Crippen molar-refractivity contribution in [1.82, 2.24) is 10.2 Å². The van der Waals surface area contributed by atoms with E-state index < -0.39 is 0 Å². The molecule has 3 amide bonds. The van der Waals surface area contributed by atoms with Crippen LogP contribution in [-0.4, -0.2) is 35.7 Å². The van der Waals surface area contributed by atoms with Gasteiger partial charge in [-0.3, -0.25) is 19.3 Å². The first kappa shape index (κ1) is 13.0. The van der Waals surface area contributed by atoms with Gasteiger partial charge in [-0.1, -0.05) is 18.2 Å². The summed E-state index contributed by atoms with van der Waals surface area (Å²) in [6.07, 6.45) is 3.05. The Morgan fingerprint density at radius 3 is 2.32 bits per heavy atom. The molecule has 0 spiro atoms. The van der Waals surface area contributed by atoms with Crippen molar-refractivity contribution >= 4 is 17.7 Å². The molecule has 98 valence electrons. The Kier molecular flexibility index (Phi) is 4.07. The Morgan fingerprint density at radius 1 is 1.05 bits per heavy atom. The summed E-state index contributed by atoms with van der Waals surface area (Å²) in [6, 6.07) is 8.89. The largest absolute Gasteiger partial charge is 0.352 e. The second kappa shape index (κ2) is 5.95. The smallest absolute Gasteiger partial charge is 0.253 e. The van der Waals surface area contributed by atoms with Crippen LogP contribution in [0.5, 0.6) is 0 Å². The van der Waals surface area contributed by atoms with Crippen LogP contribution in [0.25, 0.3) is 0 Å². The first-order valence-electron chi connectivity index (χ1n) is 6.05. The number of carbonyl (C=O) groups excluding carboxylic acids is 3. The van der Waals surface area contributed by atoms with E-state index >= 15 is 0 Å². The molecule has 0 saturated heterocycles. The third-order valence-corrected chi connectivity index (χ3v) is 2.78. The Morgan fingerprint density at radius 2 is 1.68 bits per heavy atom. The maximum atomic E-state index is 11.7. The quantitative estimate of drug-likeness (QED) is 0.625. The lowest BCUT2D eigenvalue weighted by atomic mass is 10.2. The van der Waals surface area contributed by atoms with E-state index in [-0.39, 0.29) is 17.7 Å². The number of rotatable bonds is 5. The number of benzene rings is 1. The second-order valence-corrected chi connectivity index (χ2v) is 4.14. The van der Waals surface area contributed by atoms with Crippen molar-refractivity contribution in [2.45, 2.75) is 6.42 Å². The highest BCUT2D eigenvalue weighted by atomic mass is 16.2. The van der Waals surface area contributed by atoms with Crippen LogP contribution in [0.1, 0.15) is 16.8 Å². The molecule has 0 unspecified atom stereocenters. The van der Waals surface area contributed by atoms with Crippen molar-refractivity contribution in [3.8, 4) is 0 Å². The highest BCUT2D eigenvalue weighted by molar-refractivity contribution is 6.12. The van der Waals surface area contributed by atoms with Gasteiger partial charge in [0.1, 0.15) is 0 Å². The molecule has 5 heteroatoms. The van der Waals surface area contributed by atoms with E-state index in [1.54, 1.807) is 24.3 Å². The van der Waals surface area contributed by atoms with Gasteiger partial charge in [0.05, 0.1) is 0 Å². The molecule has 1 aliphatic rings. The van der Waals surface area contributed by atoms with Crippen molar-refractivity contribution in [2.24, 2.45) is 0 Å². The summed E-state index contributed by atoms with van der Waals surface area (Å²) in [6.45, 7) is 0.741. The SMILES string of the molecule is O=C(NCCCN1C(=O)C=CC1=O)c1ccccc1. The third-order valence-electron chi connectivity index (χ3n) is 2.78. The monoisotopic (exact) mass is 258 g/mol. The minimum atomic E-state index is -0.292. The molecule has 0 fully saturated rings. The van der Waals surface area contributed by atoms with Crippen LogP contribution in [0.15, 0.2) is 42.5 Å². The molecule has 0 radical (unpaired) electrons. The Bertz CT molecular complexity index is 505. The average molecular weight is 258 g/mol. The molecular formula is C14H14N2O3. The molecule has 19 heavy (non-hydrogen) atoms. The number of hydrogen-bond donors (Lipinski definition) is 1. The molecule has 5 nitrogen and oxygen atoms in total. The van der Waals surface area contributed by atoms with E-state index in [1.807, 2.05) is 6.07 Å². The lowest BCUT2D eigenvalue weighted by Crippen LogP contribution is -2.33. The summed E-state index contributed by atoms with van der Waals surface area (Å²) in [5.41, 5.74) is 0.595. The van der Waals surface area contributed by atoms with Crippen LogP contribution in [-0.2, 0) is 9.59 Å². The van der Waals surface area contributed by atoms with E-state index in [2.05, 4.69) is 5.32 Å². The summed E-state index contributed by atoms with van der Waals surface area (Å²) < 4.78 is 0. The Hall–Kier alpha value is -2.43. The number of carbonyl (C=O) groups is 3. The summed E-state index contributed by atoms with van der Waals surface area (Å²) in [7, 11) is 0.